The van der Waals surface area contributed by atoms with Crippen LogP contribution in [-0.4, -0.2) is 53.2 Å². The zero-order valence-electron chi connectivity index (χ0n) is 18.4. The van der Waals surface area contributed by atoms with Crippen molar-refractivity contribution in [2.24, 2.45) is 0 Å². The van der Waals surface area contributed by atoms with Crippen molar-refractivity contribution < 1.29 is 4.74 Å². The number of benzene rings is 1. The third-order valence-corrected chi connectivity index (χ3v) is 6.07. The fourth-order valence-electron chi connectivity index (χ4n) is 4.19. The van der Waals surface area contributed by atoms with E-state index in [9.17, 15) is 0 Å². The van der Waals surface area contributed by atoms with E-state index in [4.69, 9.17) is 9.72 Å². The lowest BCUT2D eigenvalue weighted by Crippen LogP contribution is -2.36. The predicted molar refractivity (Wildman–Crippen MR) is 127 cm³/mol. The number of anilines is 1. The van der Waals surface area contributed by atoms with Crippen molar-refractivity contribution in [1.29, 1.82) is 0 Å². The van der Waals surface area contributed by atoms with Gasteiger partial charge in [0.25, 0.3) is 0 Å². The number of hydrogen-bond donors (Lipinski definition) is 0. The first kappa shape index (κ1) is 20.4. The second-order valence-corrected chi connectivity index (χ2v) is 8.19. The molecule has 1 saturated heterocycles. The Labute approximate surface area is 188 Å². The monoisotopic (exact) mass is 425 g/mol. The van der Waals surface area contributed by atoms with Crippen LogP contribution in [0.1, 0.15) is 28.2 Å². The summed E-state index contributed by atoms with van der Waals surface area (Å²) >= 11 is 0. The van der Waals surface area contributed by atoms with Crippen LogP contribution in [0.15, 0.2) is 67.6 Å². The Morgan fingerprint density at radius 3 is 2.56 bits per heavy atom. The molecule has 3 heterocycles. The van der Waals surface area contributed by atoms with Crippen LogP contribution in [0.4, 0.5) is 5.69 Å². The fraction of sp³-hybridized carbons (Fsp3) is 0.269. The molecule has 0 unspecified atom stereocenters. The summed E-state index contributed by atoms with van der Waals surface area (Å²) in [4.78, 5) is 18.4. The van der Waals surface area contributed by atoms with E-state index in [1.54, 1.807) is 0 Å². The van der Waals surface area contributed by atoms with Crippen LogP contribution < -0.4 is 4.90 Å². The molecule has 1 aliphatic heterocycles. The molecule has 1 aliphatic carbocycles. The van der Waals surface area contributed by atoms with Crippen LogP contribution in [0.2, 0.25) is 0 Å². The van der Waals surface area contributed by atoms with Gasteiger partial charge in [0.05, 0.1) is 36.5 Å². The van der Waals surface area contributed by atoms with Crippen molar-refractivity contribution in [2.45, 2.75) is 13.0 Å². The van der Waals surface area contributed by atoms with Gasteiger partial charge in [-0.2, -0.15) is 0 Å². The molecule has 3 aromatic rings. The van der Waals surface area contributed by atoms with Gasteiger partial charge in [0, 0.05) is 56.6 Å². The highest BCUT2D eigenvalue weighted by Gasteiger charge is 2.21. The van der Waals surface area contributed by atoms with E-state index in [-0.39, 0.29) is 0 Å². The Morgan fingerprint density at radius 2 is 1.81 bits per heavy atom. The van der Waals surface area contributed by atoms with E-state index >= 15 is 0 Å². The maximum Gasteiger partial charge on any atom is 0.175 e. The molecule has 0 radical (unpaired) electrons. The third-order valence-electron chi connectivity index (χ3n) is 6.07. The Balaban J connectivity index is 1.32. The highest BCUT2D eigenvalue weighted by atomic mass is 16.5. The third kappa shape index (κ3) is 4.14. The zero-order chi connectivity index (χ0) is 21.9. The van der Waals surface area contributed by atoms with Gasteiger partial charge >= 0.3 is 0 Å². The van der Waals surface area contributed by atoms with Gasteiger partial charge in [0.2, 0.25) is 0 Å². The number of hydrogen-bond acceptors (Lipinski definition) is 6. The van der Waals surface area contributed by atoms with Crippen molar-refractivity contribution in [3.63, 3.8) is 0 Å². The molecule has 2 aromatic heterocycles. The Hall–Kier alpha value is -3.51. The predicted octanol–water partition coefficient (Wildman–Crippen LogP) is 3.80. The first-order chi connectivity index (χ1) is 15.7. The van der Waals surface area contributed by atoms with E-state index in [0.717, 1.165) is 67.5 Å². The number of allylic oxidation sites excluding steroid dienone is 1. The van der Waals surface area contributed by atoms with E-state index in [1.807, 2.05) is 43.8 Å². The summed E-state index contributed by atoms with van der Waals surface area (Å²) in [7, 11) is 2.02. The van der Waals surface area contributed by atoms with Gasteiger partial charge < -0.3 is 14.5 Å². The first-order valence-electron chi connectivity index (χ1n) is 11.0. The largest absolute Gasteiger partial charge is 0.378 e. The van der Waals surface area contributed by atoms with Gasteiger partial charge in [-0.15, -0.1) is 0 Å². The average Bonchev–Trinajstić information content (AvgIpc) is 3.28. The molecule has 0 N–H and O–H groups in total. The average molecular weight is 426 g/mol. The summed E-state index contributed by atoms with van der Waals surface area (Å²) < 4.78 is 5.48. The molecule has 0 spiro atoms. The maximum absolute atomic E-state index is 5.48. The lowest BCUT2D eigenvalue weighted by molar-refractivity contribution is 0.122. The Morgan fingerprint density at radius 1 is 1.06 bits per heavy atom. The quantitative estimate of drug-likeness (QED) is 0.599. The van der Waals surface area contributed by atoms with Crippen molar-refractivity contribution in [3.05, 3.63) is 95.9 Å². The molecular weight excluding hydrogens is 398 g/mol. The molecule has 6 heteroatoms. The molecule has 5 rings (SSSR count). The summed E-state index contributed by atoms with van der Waals surface area (Å²) in [5.74, 6) is 0.645. The van der Waals surface area contributed by atoms with Crippen molar-refractivity contribution >= 4 is 17.0 Å². The van der Waals surface area contributed by atoms with Crippen LogP contribution in [0, 0.1) is 0 Å². The van der Waals surface area contributed by atoms with Gasteiger partial charge in [0.15, 0.2) is 5.82 Å². The second kappa shape index (κ2) is 8.93. The minimum absolute atomic E-state index is 0.645. The number of ether oxygens (including phenoxy) is 1. The van der Waals surface area contributed by atoms with Crippen LogP contribution in [-0.2, 0) is 17.7 Å². The SMILES string of the molecule is C=C(c1ncc(C2=CCc3ncc(N4CCOCC4)cc32)cn1)N(C)Cc1ccccc1. The van der Waals surface area contributed by atoms with Gasteiger partial charge in [0.1, 0.15) is 0 Å². The summed E-state index contributed by atoms with van der Waals surface area (Å²) in [6.45, 7) is 8.29. The summed E-state index contributed by atoms with van der Waals surface area (Å²) in [6, 6.07) is 12.6. The number of nitrogens with zero attached hydrogens (tertiary/aromatic N) is 5. The molecular formula is C26H27N5O. The standard InChI is InChI=1S/C26H27N5O/c1-19(30(2)18-20-6-4-3-5-7-20)26-28-15-21(16-29-26)23-8-9-25-24(23)14-22(17-27-25)31-10-12-32-13-11-31/h3-8,14-17H,1,9-13,18H2,2H3. The molecule has 0 atom stereocenters. The van der Waals surface area contributed by atoms with E-state index in [0.29, 0.717) is 5.82 Å². The van der Waals surface area contributed by atoms with Gasteiger partial charge in [-0.1, -0.05) is 43.0 Å². The molecule has 1 aromatic carbocycles. The minimum Gasteiger partial charge on any atom is -0.378 e. The number of morpholine rings is 1. The van der Waals surface area contributed by atoms with Crippen LogP contribution in [0.5, 0.6) is 0 Å². The first-order valence-corrected chi connectivity index (χ1v) is 11.0. The zero-order valence-corrected chi connectivity index (χ0v) is 18.4. The molecule has 2 aliphatic rings. The smallest absolute Gasteiger partial charge is 0.175 e. The number of pyridine rings is 1. The minimum atomic E-state index is 0.645. The summed E-state index contributed by atoms with van der Waals surface area (Å²) in [6.07, 6.45) is 8.82. The molecule has 1 fully saturated rings. The number of fused-ring (bicyclic) bond motifs is 1. The second-order valence-electron chi connectivity index (χ2n) is 8.19. The topological polar surface area (TPSA) is 54.4 Å². The fourth-order valence-corrected chi connectivity index (χ4v) is 4.19. The lowest BCUT2D eigenvalue weighted by atomic mass is 10.0. The summed E-state index contributed by atoms with van der Waals surface area (Å²) in [5, 5.41) is 0. The summed E-state index contributed by atoms with van der Waals surface area (Å²) in [5.41, 5.74) is 7.61. The van der Waals surface area contributed by atoms with E-state index < -0.39 is 0 Å². The van der Waals surface area contributed by atoms with E-state index in [1.165, 1.54) is 11.1 Å². The van der Waals surface area contributed by atoms with Gasteiger partial charge in [-0.3, -0.25) is 4.98 Å². The molecule has 0 saturated carbocycles. The Kier molecular flexibility index (Phi) is 5.69. The van der Waals surface area contributed by atoms with Crippen molar-refractivity contribution in [3.8, 4) is 0 Å². The molecule has 6 nitrogen and oxygen atoms in total. The van der Waals surface area contributed by atoms with E-state index in [2.05, 4.69) is 50.6 Å². The highest BCUT2D eigenvalue weighted by Crippen LogP contribution is 2.34. The number of rotatable bonds is 6. The highest BCUT2D eigenvalue weighted by molar-refractivity contribution is 5.84. The normalized spacial score (nSPS) is 15.3. The molecule has 32 heavy (non-hydrogen) atoms. The number of aromatic nitrogens is 3. The van der Waals surface area contributed by atoms with Crippen molar-refractivity contribution in [1.82, 2.24) is 19.9 Å². The lowest BCUT2D eigenvalue weighted by Gasteiger charge is -2.29. The molecule has 0 amide bonds. The van der Waals surface area contributed by atoms with Crippen LogP contribution in [0.3, 0.4) is 0 Å². The van der Waals surface area contributed by atoms with Crippen LogP contribution in [0.25, 0.3) is 11.3 Å². The maximum atomic E-state index is 5.48. The van der Waals surface area contributed by atoms with Gasteiger partial charge in [-0.05, 0) is 17.2 Å². The molecule has 0 bridgehead atoms. The molecule has 162 valence electrons. The van der Waals surface area contributed by atoms with Crippen molar-refractivity contribution in [2.75, 3.05) is 38.3 Å². The van der Waals surface area contributed by atoms with Crippen LogP contribution >= 0.6 is 0 Å². The van der Waals surface area contributed by atoms with Gasteiger partial charge in [-0.25, -0.2) is 9.97 Å². The Bertz CT molecular complexity index is 1130.